The summed E-state index contributed by atoms with van der Waals surface area (Å²) in [6.07, 6.45) is 7.20. The van der Waals surface area contributed by atoms with Gasteiger partial charge < -0.3 is 15.4 Å². The van der Waals surface area contributed by atoms with Crippen molar-refractivity contribution in [3.05, 3.63) is 78.5 Å². The third-order valence-electron chi connectivity index (χ3n) is 4.39. The lowest BCUT2D eigenvalue weighted by molar-refractivity contribution is 0.0931. The van der Waals surface area contributed by atoms with Crippen molar-refractivity contribution < 1.29 is 4.74 Å². The number of aromatic nitrogens is 3. The Bertz CT molecular complexity index is 862. The Morgan fingerprint density at radius 3 is 2.69 bits per heavy atom. The van der Waals surface area contributed by atoms with Crippen LogP contribution in [0, 0.1) is 5.92 Å². The maximum atomic E-state index is 5.80. The molecule has 0 bridgehead atoms. The predicted octanol–water partition coefficient (Wildman–Crippen LogP) is 2.79. The fourth-order valence-electron chi connectivity index (χ4n) is 2.76. The molecule has 0 spiro atoms. The molecule has 7 heteroatoms. The van der Waals surface area contributed by atoms with Crippen molar-refractivity contribution in [2.45, 2.75) is 20.1 Å². The van der Waals surface area contributed by atoms with Gasteiger partial charge in [-0.3, -0.25) is 9.56 Å². The summed E-state index contributed by atoms with van der Waals surface area (Å²) in [5.74, 6) is 1.98. The monoisotopic (exact) mass is 392 g/mol. The molecule has 2 aromatic heterocycles. The van der Waals surface area contributed by atoms with Crippen molar-refractivity contribution in [1.29, 1.82) is 0 Å². The lowest BCUT2D eigenvalue weighted by Crippen LogP contribution is -2.39. The van der Waals surface area contributed by atoms with Crippen LogP contribution in [0.5, 0.6) is 0 Å². The lowest BCUT2D eigenvalue weighted by atomic mass is 10.2. The SMILES string of the molecule is CN=C(NCc1ccc(-n2ccnc2)nc1)NCC(C)COCc1ccccc1. The molecule has 0 fully saturated rings. The highest BCUT2D eigenvalue weighted by atomic mass is 16.5. The fourth-order valence-corrected chi connectivity index (χ4v) is 2.76. The van der Waals surface area contributed by atoms with Crippen LogP contribution in [0.1, 0.15) is 18.1 Å². The van der Waals surface area contributed by atoms with Gasteiger partial charge in [-0.15, -0.1) is 0 Å². The van der Waals surface area contributed by atoms with E-state index in [0.29, 0.717) is 25.7 Å². The minimum Gasteiger partial charge on any atom is -0.376 e. The first-order chi connectivity index (χ1) is 14.2. The number of hydrogen-bond acceptors (Lipinski definition) is 4. The van der Waals surface area contributed by atoms with E-state index in [1.54, 1.807) is 19.6 Å². The molecular weight excluding hydrogens is 364 g/mol. The van der Waals surface area contributed by atoms with Crippen LogP contribution in [0.2, 0.25) is 0 Å². The summed E-state index contributed by atoms with van der Waals surface area (Å²) in [4.78, 5) is 12.8. The van der Waals surface area contributed by atoms with Gasteiger partial charge >= 0.3 is 0 Å². The van der Waals surface area contributed by atoms with Gasteiger partial charge in [-0.25, -0.2) is 9.97 Å². The molecule has 0 aliphatic carbocycles. The number of aliphatic imine (C=N–C) groups is 1. The Morgan fingerprint density at radius 1 is 1.14 bits per heavy atom. The number of nitrogens with zero attached hydrogens (tertiary/aromatic N) is 4. The molecule has 1 aromatic carbocycles. The highest BCUT2D eigenvalue weighted by Crippen LogP contribution is 2.05. The molecule has 0 saturated carbocycles. The molecule has 2 N–H and O–H groups in total. The van der Waals surface area contributed by atoms with Crippen LogP contribution in [-0.2, 0) is 17.9 Å². The van der Waals surface area contributed by atoms with E-state index in [1.807, 2.05) is 47.3 Å². The van der Waals surface area contributed by atoms with Gasteiger partial charge in [0.25, 0.3) is 0 Å². The first kappa shape index (κ1) is 20.5. The van der Waals surface area contributed by atoms with E-state index in [-0.39, 0.29) is 0 Å². The van der Waals surface area contributed by atoms with Gasteiger partial charge in [-0.1, -0.05) is 43.3 Å². The second-order valence-corrected chi connectivity index (χ2v) is 6.91. The van der Waals surface area contributed by atoms with Gasteiger partial charge in [0.2, 0.25) is 0 Å². The Kier molecular flexibility index (Phi) is 7.77. The van der Waals surface area contributed by atoms with Gasteiger partial charge in [0, 0.05) is 38.7 Å². The van der Waals surface area contributed by atoms with Crippen LogP contribution in [0.15, 0.2) is 72.4 Å². The first-order valence-corrected chi connectivity index (χ1v) is 9.74. The molecular formula is C22H28N6O. The van der Waals surface area contributed by atoms with Crippen molar-refractivity contribution in [3.8, 4) is 5.82 Å². The Balaban J connectivity index is 1.36. The molecule has 7 nitrogen and oxygen atoms in total. The molecule has 2 heterocycles. The third kappa shape index (κ3) is 6.73. The van der Waals surface area contributed by atoms with Gasteiger partial charge in [0.05, 0.1) is 13.2 Å². The maximum Gasteiger partial charge on any atom is 0.191 e. The molecule has 1 unspecified atom stereocenters. The van der Waals surface area contributed by atoms with Crippen molar-refractivity contribution >= 4 is 5.96 Å². The minimum atomic E-state index is 0.369. The van der Waals surface area contributed by atoms with Crippen LogP contribution in [-0.4, -0.2) is 40.7 Å². The van der Waals surface area contributed by atoms with E-state index in [9.17, 15) is 0 Å². The van der Waals surface area contributed by atoms with Crippen molar-refractivity contribution in [1.82, 2.24) is 25.2 Å². The van der Waals surface area contributed by atoms with Crippen LogP contribution in [0.3, 0.4) is 0 Å². The molecule has 0 saturated heterocycles. The van der Waals surface area contributed by atoms with Crippen LogP contribution >= 0.6 is 0 Å². The highest BCUT2D eigenvalue weighted by molar-refractivity contribution is 5.79. The Hall–Kier alpha value is -3.19. The number of imidazole rings is 1. The van der Waals surface area contributed by atoms with E-state index >= 15 is 0 Å². The smallest absolute Gasteiger partial charge is 0.191 e. The van der Waals surface area contributed by atoms with Crippen molar-refractivity contribution in [2.24, 2.45) is 10.9 Å². The number of ether oxygens (including phenoxy) is 1. The minimum absolute atomic E-state index is 0.369. The second kappa shape index (κ2) is 11.0. The zero-order valence-electron chi connectivity index (χ0n) is 17.0. The molecule has 0 radical (unpaired) electrons. The second-order valence-electron chi connectivity index (χ2n) is 6.91. The summed E-state index contributed by atoms with van der Waals surface area (Å²) in [7, 11) is 1.77. The van der Waals surface area contributed by atoms with E-state index in [1.165, 1.54) is 5.56 Å². The quantitative estimate of drug-likeness (QED) is 0.433. The summed E-state index contributed by atoms with van der Waals surface area (Å²) in [5.41, 5.74) is 2.27. The number of rotatable bonds is 9. The topological polar surface area (TPSA) is 76.4 Å². The van der Waals surface area contributed by atoms with Crippen molar-refractivity contribution in [3.63, 3.8) is 0 Å². The maximum absolute atomic E-state index is 5.80. The van der Waals surface area contributed by atoms with E-state index in [4.69, 9.17) is 4.74 Å². The van der Waals surface area contributed by atoms with E-state index in [0.717, 1.165) is 23.9 Å². The molecule has 0 aliphatic rings. The number of pyridine rings is 1. The largest absolute Gasteiger partial charge is 0.376 e. The zero-order chi connectivity index (χ0) is 20.3. The molecule has 29 heavy (non-hydrogen) atoms. The third-order valence-corrected chi connectivity index (χ3v) is 4.39. The number of benzene rings is 1. The van der Waals surface area contributed by atoms with E-state index in [2.05, 4.69) is 44.7 Å². The summed E-state index contributed by atoms with van der Waals surface area (Å²) in [5, 5.41) is 6.66. The van der Waals surface area contributed by atoms with Gasteiger partial charge in [0.15, 0.2) is 5.96 Å². The van der Waals surface area contributed by atoms with Crippen LogP contribution in [0.4, 0.5) is 0 Å². The number of hydrogen-bond donors (Lipinski definition) is 2. The Labute approximate surface area is 171 Å². The normalized spacial score (nSPS) is 12.6. The zero-order valence-corrected chi connectivity index (χ0v) is 17.0. The predicted molar refractivity (Wildman–Crippen MR) is 115 cm³/mol. The molecule has 1 atom stereocenters. The summed E-state index contributed by atoms with van der Waals surface area (Å²) < 4.78 is 7.68. The van der Waals surface area contributed by atoms with Crippen LogP contribution in [0.25, 0.3) is 5.82 Å². The standard InChI is InChI=1S/C22H28N6O/c1-18(15-29-16-19-6-4-3-5-7-19)12-26-22(23-2)27-14-20-8-9-21(25-13-20)28-11-10-24-17-28/h3-11,13,17-18H,12,14-16H2,1-2H3,(H2,23,26,27). The van der Waals surface area contributed by atoms with Crippen molar-refractivity contribution in [2.75, 3.05) is 20.2 Å². The first-order valence-electron chi connectivity index (χ1n) is 9.74. The average molecular weight is 393 g/mol. The molecule has 3 rings (SSSR count). The lowest BCUT2D eigenvalue weighted by Gasteiger charge is -2.16. The Morgan fingerprint density at radius 2 is 2.00 bits per heavy atom. The molecule has 3 aromatic rings. The summed E-state index contributed by atoms with van der Waals surface area (Å²) in [6, 6.07) is 14.2. The molecule has 0 amide bonds. The number of nitrogens with one attached hydrogen (secondary N) is 2. The van der Waals surface area contributed by atoms with Gasteiger partial charge in [-0.05, 0) is 23.1 Å². The fraction of sp³-hybridized carbons (Fsp3) is 0.318. The summed E-state index contributed by atoms with van der Waals surface area (Å²) >= 11 is 0. The van der Waals surface area contributed by atoms with Gasteiger partial charge in [0.1, 0.15) is 12.1 Å². The highest BCUT2D eigenvalue weighted by Gasteiger charge is 2.05. The van der Waals surface area contributed by atoms with E-state index < -0.39 is 0 Å². The average Bonchev–Trinajstić information content (AvgIpc) is 3.30. The summed E-state index contributed by atoms with van der Waals surface area (Å²) in [6.45, 7) is 4.92. The van der Waals surface area contributed by atoms with Gasteiger partial charge in [-0.2, -0.15) is 0 Å². The molecule has 152 valence electrons. The van der Waals surface area contributed by atoms with Crippen LogP contribution < -0.4 is 10.6 Å². The number of guanidine groups is 1. The molecule has 0 aliphatic heterocycles.